The van der Waals surface area contributed by atoms with E-state index in [1.807, 2.05) is 6.07 Å². The van der Waals surface area contributed by atoms with Crippen molar-refractivity contribution in [3.8, 4) is 5.75 Å². The fourth-order valence-corrected chi connectivity index (χ4v) is 4.72. The molecule has 0 aliphatic carbocycles. The molecule has 0 saturated carbocycles. The number of nitrogen functional groups attached to an aromatic ring is 1. The van der Waals surface area contributed by atoms with Gasteiger partial charge in [-0.15, -0.1) is 0 Å². The van der Waals surface area contributed by atoms with Gasteiger partial charge in [-0.3, -0.25) is 0 Å². The first kappa shape index (κ1) is 16.1. The minimum atomic E-state index is -0.140. The first-order valence-electron chi connectivity index (χ1n) is 9.63. The van der Waals surface area contributed by atoms with Gasteiger partial charge in [0.1, 0.15) is 11.4 Å². The van der Waals surface area contributed by atoms with Crippen molar-refractivity contribution >= 4 is 11.4 Å². The zero-order chi connectivity index (χ0) is 16.7. The molecule has 3 aliphatic heterocycles. The van der Waals surface area contributed by atoms with E-state index in [2.05, 4.69) is 29.7 Å². The molecule has 4 heteroatoms. The van der Waals surface area contributed by atoms with Crippen molar-refractivity contribution < 1.29 is 4.74 Å². The van der Waals surface area contributed by atoms with Crippen molar-refractivity contribution in [3.63, 3.8) is 0 Å². The molecule has 0 spiro atoms. The van der Waals surface area contributed by atoms with Gasteiger partial charge in [0.15, 0.2) is 0 Å². The maximum atomic E-state index is 6.16. The van der Waals surface area contributed by atoms with E-state index in [9.17, 15) is 0 Å². The molecule has 2 saturated heterocycles. The summed E-state index contributed by atoms with van der Waals surface area (Å²) >= 11 is 0. The van der Waals surface area contributed by atoms with Crippen LogP contribution in [0.4, 0.5) is 11.4 Å². The zero-order valence-electron chi connectivity index (χ0n) is 15.2. The van der Waals surface area contributed by atoms with Gasteiger partial charge in [-0.2, -0.15) is 0 Å². The van der Waals surface area contributed by atoms with Gasteiger partial charge in [0.25, 0.3) is 0 Å². The molecule has 132 valence electrons. The molecule has 3 aliphatic rings. The molecule has 0 amide bonds. The lowest BCUT2D eigenvalue weighted by atomic mass is 9.96. The number of rotatable bonds is 2. The fraction of sp³-hybridized carbons (Fsp3) is 0.700. The lowest BCUT2D eigenvalue weighted by Crippen LogP contribution is -2.46. The molecule has 4 nitrogen and oxygen atoms in total. The summed E-state index contributed by atoms with van der Waals surface area (Å²) in [6.07, 6.45) is 7.71. The molecule has 0 bridgehead atoms. The molecule has 0 aromatic heterocycles. The Morgan fingerprint density at radius 3 is 2.46 bits per heavy atom. The first-order valence-corrected chi connectivity index (χ1v) is 9.63. The SMILES string of the molecule is CC1(C)Cc2c(N3CCC(N4CCCCC4)CC3)ccc(N)c2O1. The van der Waals surface area contributed by atoms with Crippen molar-refractivity contribution in [3.05, 3.63) is 17.7 Å². The van der Waals surface area contributed by atoms with Crippen LogP contribution in [0.15, 0.2) is 12.1 Å². The van der Waals surface area contributed by atoms with E-state index in [0.717, 1.165) is 37.0 Å². The predicted octanol–water partition coefficient (Wildman–Crippen LogP) is 3.44. The molecular formula is C20H31N3O. The zero-order valence-corrected chi connectivity index (χ0v) is 15.2. The number of hydrogen-bond acceptors (Lipinski definition) is 4. The molecule has 2 N–H and O–H groups in total. The van der Waals surface area contributed by atoms with E-state index in [-0.39, 0.29) is 5.60 Å². The molecule has 1 aromatic carbocycles. The molecule has 24 heavy (non-hydrogen) atoms. The molecule has 0 radical (unpaired) electrons. The summed E-state index contributed by atoms with van der Waals surface area (Å²) in [6.45, 7) is 9.22. The highest BCUT2D eigenvalue weighted by molar-refractivity contribution is 5.71. The van der Waals surface area contributed by atoms with E-state index in [4.69, 9.17) is 10.5 Å². The largest absolute Gasteiger partial charge is 0.485 e. The van der Waals surface area contributed by atoms with Crippen LogP contribution >= 0.6 is 0 Å². The molecule has 4 rings (SSSR count). The number of ether oxygens (including phenoxy) is 1. The lowest BCUT2D eigenvalue weighted by molar-refractivity contribution is 0.139. The average molecular weight is 329 g/mol. The van der Waals surface area contributed by atoms with E-state index in [1.165, 1.54) is 56.4 Å². The summed E-state index contributed by atoms with van der Waals surface area (Å²) in [6, 6.07) is 5.02. The molecule has 0 atom stereocenters. The van der Waals surface area contributed by atoms with Gasteiger partial charge in [-0.1, -0.05) is 6.42 Å². The summed E-state index contributed by atoms with van der Waals surface area (Å²) in [5.74, 6) is 0.927. The second-order valence-electron chi connectivity index (χ2n) is 8.33. The smallest absolute Gasteiger partial charge is 0.148 e. The third-order valence-electron chi connectivity index (χ3n) is 5.96. The number of nitrogens with zero attached hydrogens (tertiary/aromatic N) is 2. The van der Waals surface area contributed by atoms with Gasteiger partial charge in [0.2, 0.25) is 0 Å². The first-order chi connectivity index (χ1) is 11.5. The third-order valence-corrected chi connectivity index (χ3v) is 5.96. The van der Waals surface area contributed by atoms with Crippen molar-refractivity contribution in [2.75, 3.05) is 36.8 Å². The quantitative estimate of drug-likeness (QED) is 0.844. The topological polar surface area (TPSA) is 41.7 Å². The van der Waals surface area contributed by atoms with E-state index >= 15 is 0 Å². The van der Waals surface area contributed by atoms with Gasteiger partial charge >= 0.3 is 0 Å². The van der Waals surface area contributed by atoms with Crippen LogP contribution in [-0.4, -0.2) is 42.7 Å². The lowest BCUT2D eigenvalue weighted by Gasteiger charge is -2.41. The van der Waals surface area contributed by atoms with E-state index in [0.29, 0.717) is 0 Å². The Morgan fingerprint density at radius 2 is 1.75 bits per heavy atom. The van der Waals surface area contributed by atoms with Crippen molar-refractivity contribution in [1.82, 2.24) is 4.90 Å². The summed E-state index contributed by atoms with van der Waals surface area (Å²) in [5, 5.41) is 0. The van der Waals surface area contributed by atoms with Gasteiger partial charge in [0, 0.05) is 36.8 Å². The summed E-state index contributed by atoms with van der Waals surface area (Å²) in [5.41, 5.74) is 9.47. The minimum absolute atomic E-state index is 0.140. The van der Waals surface area contributed by atoms with Gasteiger partial charge in [-0.25, -0.2) is 0 Å². The molecule has 1 aromatic rings. The maximum Gasteiger partial charge on any atom is 0.148 e. The Labute approximate surface area is 145 Å². The van der Waals surface area contributed by atoms with E-state index < -0.39 is 0 Å². The number of fused-ring (bicyclic) bond motifs is 1. The number of piperidine rings is 2. The van der Waals surface area contributed by atoms with Crippen LogP contribution in [0.25, 0.3) is 0 Å². The Hall–Kier alpha value is -1.42. The highest BCUT2D eigenvalue weighted by Gasteiger charge is 2.35. The highest BCUT2D eigenvalue weighted by atomic mass is 16.5. The Bertz CT molecular complexity index is 599. The molecule has 3 heterocycles. The Balaban J connectivity index is 1.48. The molecule has 2 fully saturated rings. The van der Waals surface area contributed by atoms with Gasteiger partial charge in [0.05, 0.1) is 5.69 Å². The Morgan fingerprint density at radius 1 is 1.04 bits per heavy atom. The highest BCUT2D eigenvalue weighted by Crippen LogP contribution is 2.45. The maximum absolute atomic E-state index is 6.16. The molecule has 0 unspecified atom stereocenters. The number of likely N-dealkylation sites (tertiary alicyclic amines) is 1. The monoisotopic (exact) mass is 329 g/mol. The summed E-state index contributed by atoms with van der Waals surface area (Å²) < 4.78 is 6.11. The van der Waals surface area contributed by atoms with Gasteiger partial charge < -0.3 is 20.3 Å². The van der Waals surface area contributed by atoms with Crippen LogP contribution in [0.1, 0.15) is 51.5 Å². The number of hydrogen-bond donors (Lipinski definition) is 1. The summed E-state index contributed by atoms with van der Waals surface area (Å²) in [4.78, 5) is 5.30. The van der Waals surface area contributed by atoms with Crippen LogP contribution in [0.5, 0.6) is 5.75 Å². The average Bonchev–Trinajstić information content (AvgIpc) is 2.92. The summed E-state index contributed by atoms with van der Waals surface area (Å²) in [7, 11) is 0. The van der Waals surface area contributed by atoms with Gasteiger partial charge in [-0.05, 0) is 64.8 Å². The minimum Gasteiger partial charge on any atom is -0.485 e. The van der Waals surface area contributed by atoms with E-state index in [1.54, 1.807) is 0 Å². The Kier molecular flexibility index (Phi) is 4.11. The molecular weight excluding hydrogens is 298 g/mol. The van der Waals surface area contributed by atoms with Crippen LogP contribution in [-0.2, 0) is 6.42 Å². The van der Waals surface area contributed by atoms with Crippen molar-refractivity contribution in [2.24, 2.45) is 0 Å². The number of benzene rings is 1. The van der Waals surface area contributed by atoms with Crippen LogP contribution in [0.3, 0.4) is 0 Å². The normalized spacial score (nSPS) is 24.7. The standard InChI is InChI=1S/C20H31N3O/c1-20(2)14-16-18(7-6-17(21)19(16)24-20)23-12-8-15(9-13-23)22-10-4-3-5-11-22/h6-7,15H,3-5,8-14,21H2,1-2H3. The van der Waals surface area contributed by atoms with Crippen LogP contribution < -0.4 is 15.4 Å². The predicted molar refractivity (Wildman–Crippen MR) is 99.9 cm³/mol. The fourth-order valence-electron chi connectivity index (χ4n) is 4.72. The third kappa shape index (κ3) is 2.97. The number of anilines is 2. The van der Waals surface area contributed by atoms with Crippen molar-refractivity contribution in [2.45, 2.75) is 64.0 Å². The van der Waals surface area contributed by atoms with Crippen molar-refractivity contribution in [1.29, 1.82) is 0 Å². The van der Waals surface area contributed by atoms with Crippen LogP contribution in [0.2, 0.25) is 0 Å². The van der Waals surface area contributed by atoms with Crippen LogP contribution in [0, 0.1) is 0 Å². The second kappa shape index (κ2) is 6.14. The number of nitrogens with two attached hydrogens (primary N) is 1. The second-order valence-corrected chi connectivity index (χ2v) is 8.33.